The van der Waals surface area contributed by atoms with Crippen LogP contribution in [0.15, 0.2) is 58.3 Å². The van der Waals surface area contributed by atoms with Crippen molar-refractivity contribution < 1.29 is 4.79 Å². The number of hydrogen-bond acceptors (Lipinski definition) is 2. The van der Waals surface area contributed by atoms with Crippen LogP contribution < -0.4 is 5.32 Å². The minimum Gasteiger partial charge on any atom is -0.326 e. The molecule has 0 heterocycles. The molecule has 1 saturated carbocycles. The highest BCUT2D eigenvalue weighted by atomic mass is 35.5. The maximum Gasteiger partial charge on any atom is 0.227 e. The molecule has 2 aromatic carbocycles. The molecule has 2 nitrogen and oxygen atoms in total. The minimum atomic E-state index is 0.101. The van der Waals surface area contributed by atoms with Crippen LogP contribution in [0.2, 0.25) is 5.02 Å². The van der Waals surface area contributed by atoms with Crippen molar-refractivity contribution in [2.75, 3.05) is 5.32 Å². The summed E-state index contributed by atoms with van der Waals surface area (Å²) in [5.74, 6) is 0.302. The molecule has 3 rings (SSSR count). The van der Waals surface area contributed by atoms with E-state index in [0.29, 0.717) is 5.02 Å². The van der Waals surface area contributed by atoms with Crippen LogP contribution in [0.25, 0.3) is 0 Å². The summed E-state index contributed by atoms with van der Waals surface area (Å²) in [7, 11) is 0. The summed E-state index contributed by atoms with van der Waals surface area (Å²) in [6, 6.07) is 15.7. The maximum absolute atomic E-state index is 11.7. The van der Waals surface area contributed by atoms with Crippen LogP contribution >= 0.6 is 23.4 Å². The van der Waals surface area contributed by atoms with Gasteiger partial charge in [0.1, 0.15) is 0 Å². The SMILES string of the molecule is O=C(Nc1ccc(Sc2ccccc2)c(Cl)c1)C1CC1. The van der Waals surface area contributed by atoms with Crippen LogP contribution in [-0.2, 0) is 4.79 Å². The molecule has 4 heteroatoms. The van der Waals surface area contributed by atoms with Crippen molar-refractivity contribution in [2.45, 2.75) is 22.6 Å². The number of hydrogen-bond donors (Lipinski definition) is 1. The number of amides is 1. The molecule has 0 unspecified atom stereocenters. The van der Waals surface area contributed by atoms with Gasteiger partial charge in [0.2, 0.25) is 5.91 Å². The summed E-state index contributed by atoms with van der Waals surface area (Å²) in [6.07, 6.45) is 2.00. The van der Waals surface area contributed by atoms with Gasteiger partial charge in [0, 0.05) is 21.4 Å². The van der Waals surface area contributed by atoms with E-state index in [1.165, 1.54) is 0 Å². The molecule has 0 aliphatic heterocycles. The lowest BCUT2D eigenvalue weighted by Crippen LogP contribution is -2.13. The Labute approximate surface area is 127 Å². The van der Waals surface area contributed by atoms with Gasteiger partial charge in [0.15, 0.2) is 0 Å². The van der Waals surface area contributed by atoms with Gasteiger partial charge in [-0.05, 0) is 43.2 Å². The molecule has 1 aliphatic carbocycles. The molecular weight excluding hydrogens is 290 g/mol. The van der Waals surface area contributed by atoms with Crippen molar-refractivity contribution in [3.63, 3.8) is 0 Å². The summed E-state index contributed by atoms with van der Waals surface area (Å²) in [5.41, 5.74) is 0.768. The molecule has 0 bridgehead atoms. The molecule has 0 spiro atoms. The third-order valence-corrected chi connectivity index (χ3v) is 4.63. The molecular formula is C16H14ClNOS. The number of anilines is 1. The monoisotopic (exact) mass is 303 g/mol. The molecule has 0 saturated heterocycles. The lowest BCUT2D eigenvalue weighted by atomic mass is 10.3. The van der Waals surface area contributed by atoms with Gasteiger partial charge in [-0.3, -0.25) is 4.79 Å². The first-order valence-electron chi connectivity index (χ1n) is 6.56. The molecule has 1 amide bonds. The van der Waals surface area contributed by atoms with E-state index in [4.69, 9.17) is 11.6 Å². The molecule has 0 atom stereocenters. The second kappa shape index (κ2) is 5.90. The Kier molecular flexibility index (Phi) is 3.99. The lowest BCUT2D eigenvalue weighted by molar-refractivity contribution is -0.117. The molecule has 0 aromatic heterocycles. The highest BCUT2D eigenvalue weighted by Crippen LogP contribution is 2.35. The van der Waals surface area contributed by atoms with Crippen molar-refractivity contribution in [3.8, 4) is 0 Å². The highest BCUT2D eigenvalue weighted by Gasteiger charge is 2.29. The Morgan fingerprint density at radius 3 is 2.55 bits per heavy atom. The second-order valence-electron chi connectivity index (χ2n) is 4.82. The summed E-state index contributed by atoms with van der Waals surface area (Å²) in [5, 5.41) is 3.56. The van der Waals surface area contributed by atoms with E-state index in [1.54, 1.807) is 11.8 Å². The van der Waals surface area contributed by atoms with Crippen molar-refractivity contribution in [3.05, 3.63) is 53.6 Å². The number of carbonyl (C=O) groups excluding carboxylic acids is 1. The summed E-state index contributed by atoms with van der Waals surface area (Å²) in [4.78, 5) is 13.8. The van der Waals surface area contributed by atoms with Crippen LogP contribution in [0.5, 0.6) is 0 Å². The van der Waals surface area contributed by atoms with E-state index >= 15 is 0 Å². The Morgan fingerprint density at radius 2 is 1.90 bits per heavy atom. The first kappa shape index (κ1) is 13.5. The molecule has 2 aromatic rings. The van der Waals surface area contributed by atoms with E-state index in [1.807, 2.05) is 48.5 Å². The van der Waals surface area contributed by atoms with E-state index in [2.05, 4.69) is 5.32 Å². The smallest absolute Gasteiger partial charge is 0.227 e. The molecule has 20 heavy (non-hydrogen) atoms. The van der Waals surface area contributed by atoms with Crippen LogP contribution in [0.3, 0.4) is 0 Å². The summed E-state index contributed by atoms with van der Waals surface area (Å²) >= 11 is 7.90. The van der Waals surface area contributed by atoms with E-state index in [9.17, 15) is 4.79 Å². The third kappa shape index (κ3) is 3.35. The Balaban J connectivity index is 1.72. The predicted molar refractivity (Wildman–Crippen MR) is 83.4 cm³/mol. The predicted octanol–water partition coefficient (Wildman–Crippen LogP) is 4.84. The van der Waals surface area contributed by atoms with Gasteiger partial charge in [-0.15, -0.1) is 0 Å². The Hall–Kier alpha value is -1.45. The van der Waals surface area contributed by atoms with Gasteiger partial charge >= 0.3 is 0 Å². The molecule has 1 N–H and O–H groups in total. The highest BCUT2D eigenvalue weighted by molar-refractivity contribution is 7.99. The van der Waals surface area contributed by atoms with Crippen molar-refractivity contribution in [1.29, 1.82) is 0 Å². The standard InChI is InChI=1S/C16H14ClNOS/c17-14-10-12(18-16(19)11-6-7-11)8-9-15(14)20-13-4-2-1-3-5-13/h1-5,8-11H,6-7H2,(H,18,19). The van der Waals surface area contributed by atoms with Gasteiger partial charge in [0.05, 0.1) is 5.02 Å². The first-order chi connectivity index (χ1) is 9.72. The van der Waals surface area contributed by atoms with Crippen LogP contribution in [0.1, 0.15) is 12.8 Å². The number of halogens is 1. The summed E-state index contributed by atoms with van der Waals surface area (Å²) in [6.45, 7) is 0. The van der Waals surface area contributed by atoms with E-state index in [-0.39, 0.29) is 11.8 Å². The van der Waals surface area contributed by atoms with Gasteiger partial charge in [-0.25, -0.2) is 0 Å². The average Bonchev–Trinajstić information content (AvgIpc) is 3.27. The zero-order valence-corrected chi connectivity index (χ0v) is 12.4. The van der Waals surface area contributed by atoms with Crippen molar-refractivity contribution >= 4 is 35.0 Å². The Bertz CT molecular complexity index is 626. The van der Waals surface area contributed by atoms with Gasteiger partial charge < -0.3 is 5.32 Å². The minimum absolute atomic E-state index is 0.101. The fourth-order valence-electron chi connectivity index (χ4n) is 1.87. The first-order valence-corrected chi connectivity index (χ1v) is 7.75. The number of nitrogens with one attached hydrogen (secondary N) is 1. The summed E-state index contributed by atoms with van der Waals surface area (Å²) < 4.78 is 0. The quantitative estimate of drug-likeness (QED) is 0.875. The van der Waals surface area contributed by atoms with E-state index < -0.39 is 0 Å². The van der Waals surface area contributed by atoms with Crippen molar-refractivity contribution in [1.82, 2.24) is 0 Å². The molecule has 1 aliphatic rings. The molecule has 1 fully saturated rings. The number of rotatable bonds is 4. The molecule has 0 radical (unpaired) electrons. The zero-order valence-electron chi connectivity index (χ0n) is 10.8. The van der Waals surface area contributed by atoms with Gasteiger partial charge in [-0.1, -0.05) is 41.6 Å². The Morgan fingerprint density at radius 1 is 1.15 bits per heavy atom. The zero-order chi connectivity index (χ0) is 13.9. The van der Waals surface area contributed by atoms with E-state index in [0.717, 1.165) is 28.3 Å². The molecule has 102 valence electrons. The van der Waals surface area contributed by atoms with Gasteiger partial charge in [-0.2, -0.15) is 0 Å². The topological polar surface area (TPSA) is 29.1 Å². The van der Waals surface area contributed by atoms with Gasteiger partial charge in [0.25, 0.3) is 0 Å². The number of carbonyl (C=O) groups is 1. The maximum atomic E-state index is 11.7. The van der Waals surface area contributed by atoms with Crippen LogP contribution in [-0.4, -0.2) is 5.91 Å². The van der Waals surface area contributed by atoms with Crippen LogP contribution in [0.4, 0.5) is 5.69 Å². The number of benzene rings is 2. The average molecular weight is 304 g/mol. The third-order valence-electron chi connectivity index (χ3n) is 3.12. The second-order valence-corrected chi connectivity index (χ2v) is 6.35. The fraction of sp³-hybridized carbons (Fsp3) is 0.188. The lowest BCUT2D eigenvalue weighted by Gasteiger charge is -2.08. The van der Waals surface area contributed by atoms with Crippen LogP contribution in [0, 0.1) is 5.92 Å². The fourth-order valence-corrected chi connectivity index (χ4v) is 3.00. The largest absolute Gasteiger partial charge is 0.326 e. The normalized spacial score (nSPS) is 14.1. The van der Waals surface area contributed by atoms with Crippen molar-refractivity contribution in [2.24, 2.45) is 5.92 Å².